The normalized spacial score (nSPS) is 24.7. The third-order valence-electron chi connectivity index (χ3n) is 8.33. The largest absolute Gasteiger partial charge is 0.486 e. The molecule has 0 bridgehead atoms. The first-order valence-electron chi connectivity index (χ1n) is 14.2. The number of hydrogen-bond acceptors (Lipinski definition) is 6. The Labute approximate surface area is 221 Å². The van der Waals surface area contributed by atoms with Crippen LogP contribution in [0.2, 0.25) is 0 Å². The molecule has 1 saturated carbocycles. The molecule has 206 valence electrons. The lowest BCUT2D eigenvalue weighted by Gasteiger charge is -2.39. The lowest BCUT2D eigenvalue weighted by molar-refractivity contribution is -0.122. The van der Waals surface area contributed by atoms with Gasteiger partial charge in [0.05, 0.1) is 23.9 Å². The first-order chi connectivity index (χ1) is 17.9. The fourth-order valence-electron chi connectivity index (χ4n) is 5.95. The number of ether oxygens (including phenoxy) is 2. The van der Waals surface area contributed by atoms with Gasteiger partial charge < -0.3 is 29.7 Å². The van der Waals surface area contributed by atoms with Crippen LogP contribution in [0, 0.1) is 17.8 Å². The number of likely N-dealkylation sites (N-methyl/N-ethyl adjacent to an activating group) is 1. The van der Waals surface area contributed by atoms with Gasteiger partial charge in [-0.3, -0.25) is 9.59 Å². The summed E-state index contributed by atoms with van der Waals surface area (Å²) < 4.78 is 12.1. The van der Waals surface area contributed by atoms with E-state index in [1.54, 1.807) is 17.0 Å². The molecule has 37 heavy (non-hydrogen) atoms. The molecule has 1 aromatic rings. The van der Waals surface area contributed by atoms with Gasteiger partial charge in [-0.1, -0.05) is 32.3 Å². The minimum absolute atomic E-state index is 0.0409. The quantitative estimate of drug-likeness (QED) is 0.548. The van der Waals surface area contributed by atoms with Crippen LogP contribution in [-0.2, 0) is 9.53 Å². The Hall–Kier alpha value is -2.16. The number of nitrogens with one attached hydrogen (secondary N) is 1. The molecule has 1 aromatic carbocycles. The summed E-state index contributed by atoms with van der Waals surface area (Å²) in [6.07, 6.45) is 7.75. The molecule has 2 amide bonds. The Bertz CT molecular complexity index is 913. The number of para-hydroxylation sites is 1. The van der Waals surface area contributed by atoms with Crippen molar-refractivity contribution in [1.82, 2.24) is 9.80 Å². The molecule has 4 rings (SSSR count). The zero-order valence-electron chi connectivity index (χ0n) is 22.8. The summed E-state index contributed by atoms with van der Waals surface area (Å²) in [5.41, 5.74) is 0.963. The van der Waals surface area contributed by atoms with E-state index in [0.29, 0.717) is 49.6 Å². The zero-order valence-corrected chi connectivity index (χ0v) is 22.8. The average molecular weight is 516 g/mol. The average Bonchev–Trinajstić information content (AvgIpc) is 2.91. The zero-order chi connectivity index (χ0) is 26.4. The van der Waals surface area contributed by atoms with E-state index in [1.807, 2.05) is 13.0 Å². The monoisotopic (exact) mass is 515 g/mol. The van der Waals surface area contributed by atoms with E-state index in [9.17, 15) is 14.7 Å². The number of benzene rings is 1. The van der Waals surface area contributed by atoms with Crippen LogP contribution in [-0.4, -0.2) is 85.4 Å². The second-order valence-electron chi connectivity index (χ2n) is 11.4. The van der Waals surface area contributed by atoms with Gasteiger partial charge in [0.25, 0.3) is 5.91 Å². The molecule has 0 radical (unpaired) electrons. The van der Waals surface area contributed by atoms with E-state index in [2.05, 4.69) is 24.2 Å². The number of aliphatic hydroxyl groups is 1. The van der Waals surface area contributed by atoms with Gasteiger partial charge in [0.15, 0.2) is 5.75 Å². The third-order valence-corrected chi connectivity index (χ3v) is 8.33. The minimum atomic E-state index is -0.318. The summed E-state index contributed by atoms with van der Waals surface area (Å²) >= 11 is 0. The number of rotatable bonds is 8. The molecule has 2 aliphatic heterocycles. The van der Waals surface area contributed by atoms with Crippen molar-refractivity contribution in [3.63, 3.8) is 0 Å². The predicted octanol–water partition coefficient (Wildman–Crippen LogP) is 3.78. The van der Waals surface area contributed by atoms with Crippen LogP contribution in [0.1, 0.15) is 69.2 Å². The van der Waals surface area contributed by atoms with Crippen molar-refractivity contribution in [2.45, 2.75) is 70.9 Å². The summed E-state index contributed by atoms with van der Waals surface area (Å²) in [6, 6.07) is 5.05. The van der Waals surface area contributed by atoms with Crippen molar-refractivity contribution >= 4 is 17.5 Å². The molecule has 3 aliphatic rings. The lowest BCUT2D eigenvalue weighted by Crippen LogP contribution is -2.50. The smallest absolute Gasteiger partial charge is 0.258 e. The van der Waals surface area contributed by atoms with Gasteiger partial charge in [-0.2, -0.15) is 0 Å². The van der Waals surface area contributed by atoms with Gasteiger partial charge in [-0.25, -0.2) is 0 Å². The number of nitrogens with zero attached hydrogens (tertiary/aromatic N) is 2. The van der Waals surface area contributed by atoms with Crippen molar-refractivity contribution in [3.8, 4) is 5.75 Å². The Morgan fingerprint density at radius 3 is 2.59 bits per heavy atom. The van der Waals surface area contributed by atoms with E-state index in [4.69, 9.17) is 9.47 Å². The number of carbonyl (C=O) groups excluding carboxylic acids is 2. The number of fused-ring (bicyclic) bond motifs is 1. The molecule has 8 nitrogen and oxygen atoms in total. The molecule has 8 heteroatoms. The lowest BCUT2D eigenvalue weighted by atomic mass is 9.89. The topological polar surface area (TPSA) is 91.3 Å². The van der Waals surface area contributed by atoms with Gasteiger partial charge in [0.2, 0.25) is 5.91 Å². The summed E-state index contributed by atoms with van der Waals surface area (Å²) in [5, 5.41) is 13.0. The molecule has 2 heterocycles. The van der Waals surface area contributed by atoms with Crippen molar-refractivity contribution < 1.29 is 24.2 Å². The maximum Gasteiger partial charge on any atom is 0.258 e. The molecule has 2 fully saturated rings. The van der Waals surface area contributed by atoms with Crippen LogP contribution in [0.5, 0.6) is 5.75 Å². The van der Waals surface area contributed by atoms with Gasteiger partial charge in [0.1, 0.15) is 6.10 Å². The van der Waals surface area contributed by atoms with Gasteiger partial charge in [-0.05, 0) is 57.7 Å². The van der Waals surface area contributed by atoms with Gasteiger partial charge in [0, 0.05) is 44.7 Å². The first-order valence-corrected chi connectivity index (χ1v) is 14.2. The number of amides is 2. The number of carbonyl (C=O) groups is 2. The van der Waals surface area contributed by atoms with E-state index >= 15 is 0 Å². The summed E-state index contributed by atoms with van der Waals surface area (Å²) in [4.78, 5) is 30.9. The van der Waals surface area contributed by atoms with Crippen molar-refractivity contribution in [2.75, 3.05) is 51.8 Å². The number of hydrogen-bond donors (Lipinski definition) is 2. The van der Waals surface area contributed by atoms with Crippen LogP contribution in [0.15, 0.2) is 18.2 Å². The molecule has 0 spiro atoms. The van der Waals surface area contributed by atoms with Crippen LogP contribution >= 0.6 is 0 Å². The van der Waals surface area contributed by atoms with Crippen molar-refractivity contribution in [2.24, 2.45) is 17.8 Å². The molecule has 2 N–H and O–H groups in total. The SMILES string of the molecule is C[C@H]1CN([C@@H](C)CO)C(=O)c2cccc(NC(=O)C3CCOCC3)c2O[C@H]1CN(C)CC1CCCCC1. The molecule has 0 unspecified atom stereocenters. The highest BCUT2D eigenvalue weighted by molar-refractivity contribution is 6.02. The molecule has 3 atom stereocenters. The molecular formula is C29H45N3O5. The van der Waals surface area contributed by atoms with E-state index in [0.717, 1.165) is 19.0 Å². The van der Waals surface area contributed by atoms with Crippen LogP contribution in [0.3, 0.4) is 0 Å². The highest BCUT2D eigenvalue weighted by Crippen LogP contribution is 2.36. The second kappa shape index (κ2) is 13.1. The summed E-state index contributed by atoms with van der Waals surface area (Å²) in [7, 11) is 2.16. The Morgan fingerprint density at radius 2 is 1.89 bits per heavy atom. The first kappa shape index (κ1) is 27.9. The summed E-state index contributed by atoms with van der Waals surface area (Å²) in [5.74, 6) is 0.839. The number of aliphatic hydroxyl groups excluding tert-OH is 1. The Balaban J connectivity index is 1.60. The fourth-order valence-corrected chi connectivity index (χ4v) is 5.95. The molecule has 1 saturated heterocycles. The highest BCUT2D eigenvalue weighted by Gasteiger charge is 2.35. The van der Waals surface area contributed by atoms with E-state index in [1.165, 1.54) is 32.1 Å². The molecule has 0 aromatic heterocycles. The van der Waals surface area contributed by atoms with Crippen LogP contribution in [0.4, 0.5) is 5.69 Å². The fraction of sp³-hybridized carbons (Fsp3) is 0.724. The minimum Gasteiger partial charge on any atom is -0.486 e. The maximum absolute atomic E-state index is 13.7. The van der Waals surface area contributed by atoms with E-state index < -0.39 is 0 Å². The van der Waals surface area contributed by atoms with Crippen LogP contribution in [0.25, 0.3) is 0 Å². The van der Waals surface area contributed by atoms with Gasteiger partial charge in [-0.15, -0.1) is 0 Å². The van der Waals surface area contributed by atoms with Crippen molar-refractivity contribution in [1.29, 1.82) is 0 Å². The van der Waals surface area contributed by atoms with Crippen molar-refractivity contribution in [3.05, 3.63) is 23.8 Å². The Morgan fingerprint density at radius 1 is 1.16 bits per heavy atom. The highest BCUT2D eigenvalue weighted by atomic mass is 16.5. The summed E-state index contributed by atoms with van der Waals surface area (Å²) in [6.45, 7) is 7.31. The standard InChI is InChI=1S/C29H45N3O5/c1-20-16-32(21(2)19-33)29(35)24-10-7-11-25(30-28(34)23-12-14-36-15-13-23)27(24)37-26(20)18-31(3)17-22-8-5-4-6-9-22/h7,10-11,20-23,26,33H,4-6,8-9,12-19H2,1-3H3,(H,30,34)/t20-,21-,26-/m0/s1. The van der Waals surface area contributed by atoms with Crippen LogP contribution < -0.4 is 10.1 Å². The molecular weight excluding hydrogens is 470 g/mol. The predicted molar refractivity (Wildman–Crippen MR) is 144 cm³/mol. The Kier molecular flexibility index (Phi) is 9.84. The number of anilines is 1. The van der Waals surface area contributed by atoms with Gasteiger partial charge >= 0.3 is 0 Å². The second-order valence-corrected chi connectivity index (χ2v) is 11.4. The molecule has 1 aliphatic carbocycles. The van der Waals surface area contributed by atoms with E-state index in [-0.39, 0.29) is 42.4 Å². The maximum atomic E-state index is 13.7. The third kappa shape index (κ3) is 7.03.